The van der Waals surface area contributed by atoms with E-state index >= 15 is 0 Å². The van der Waals surface area contributed by atoms with E-state index in [1.54, 1.807) is 48.5 Å². The van der Waals surface area contributed by atoms with Gasteiger partial charge in [-0.15, -0.1) is 0 Å². The molecule has 2 fully saturated rings. The molecule has 2 aliphatic rings. The number of ether oxygens (including phenoxy) is 1. The van der Waals surface area contributed by atoms with Crippen molar-refractivity contribution in [2.75, 3.05) is 5.32 Å². The monoisotopic (exact) mass is 385 g/mol. The largest absolute Gasteiger partial charge is 0.481 e. The third-order valence-corrected chi connectivity index (χ3v) is 5.93. The summed E-state index contributed by atoms with van der Waals surface area (Å²) in [5.41, 5.74) is 0.635. The lowest BCUT2D eigenvalue weighted by molar-refractivity contribution is -0.148. The van der Waals surface area contributed by atoms with Gasteiger partial charge in [0.1, 0.15) is 11.5 Å². The van der Waals surface area contributed by atoms with Gasteiger partial charge < -0.3 is 15.2 Å². The van der Waals surface area contributed by atoms with Gasteiger partial charge in [-0.25, -0.2) is 0 Å². The number of nitrogens with one attached hydrogen (secondary N) is 1. The number of hydrogen-bond donors (Lipinski definition) is 2. The average Bonchev–Trinajstić information content (AvgIpc) is 3.26. The first-order chi connectivity index (χ1) is 13.0. The summed E-state index contributed by atoms with van der Waals surface area (Å²) in [6, 6.07) is 14.1. The Hall–Kier alpha value is -2.53. The van der Waals surface area contributed by atoms with Crippen molar-refractivity contribution < 1.29 is 19.4 Å². The van der Waals surface area contributed by atoms with Crippen LogP contribution in [0.1, 0.15) is 19.3 Å². The highest BCUT2D eigenvalue weighted by molar-refractivity contribution is 6.30. The second-order valence-corrected chi connectivity index (χ2v) is 7.73. The molecule has 2 aromatic carbocycles. The molecule has 5 nitrogen and oxygen atoms in total. The minimum absolute atomic E-state index is 0.137. The van der Waals surface area contributed by atoms with E-state index in [4.69, 9.17) is 16.3 Å². The molecule has 0 aliphatic heterocycles. The molecule has 4 atom stereocenters. The summed E-state index contributed by atoms with van der Waals surface area (Å²) in [6.07, 6.45) is 2.71. The number of rotatable bonds is 5. The van der Waals surface area contributed by atoms with Crippen molar-refractivity contribution in [2.45, 2.75) is 19.3 Å². The third kappa shape index (κ3) is 3.65. The number of carbonyl (C=O) groups is 2. The van der Waals surface area contributed by atoms with Crippen LogP contribution < -0.4 is 10.1 Å². The zero-order chi connectivity index (χ0) is 19.0. The second-order valence-electron chi connectivity index (χ2n) is 7.29. The van der Waals surface area contributed by atoms with Crippen LogP contribution >= 0.6 is 11.6 Å². The predicted molar refractivity (Wildman–Crippen MR) is 102 cm³/mol. The quantitative estimate of drug-likeness (QED) is 0.773. The second kappa shape index (κ2) is 7.24. The van der Waals surface area contributed by atoms with Crippen LogP contribution in [0.5, 0.6) is 11.5 Å². The Kier molecular flexibility index (Phi) is 4.79. The van der Waals surface area contributed by atoms with Crippen LogP contribution in [0.4, 0.5) is 5.69 Å². The van der Waals surface area contributed by atoms with Crippen LogP contribution in [0.2, 0.25) is 5.02 Å². The number of carboxylic acids is 1. The van der Waals surface area contributed by atoms with Gasteiger partial charge >= 0.3 is 5.97 Å². The van der Waals surface area contributed by atoms with E-state index in [-0.39, 0.29) is 17.7 Å². The summed E-state index contributed by atoms with van der Waals surface area (Å²) in [5.74, 6) is -0.416. The van der Waals surface area contributed by atoms with Crippen LogP contribution in [-0.2, 0) is 9.59 Å². The number of fused-ring (bicyclic) bond motifs is 2. The molecule has 0 spiro atoms. The van der Waals surface area contributed by atoms with Gasteiger partial charge in [-0.2, -0.15) is 0 Å². The highest BCUT2D eigenvalue weighted by atomic mass is 35.5. The van der Waals surface area contributed by atoms with E-state index in [9.17, 15) is 14.7 Å². The smallest absolute Gasteiger partial charge is 0.307 e. The number of benzene rings is 2. The van der Waals surface area contributed by atoms with Crippen molar-refractivity contribution in [3.05, 3.63) is 53.6 Å². The molecular formula is C21H20ClNO4. The van der Waals surface area contributed by atoms with Gasteiger partial charge in [-0.1, -0.05) is 11.6 Å². The van der Waals surface area contributed by atoms with Crippen molar-refractivity contribution in [1.82, 2.24) is 0 Å². The highest BCUT2D eigenvalue weighted by Crippen LogP contribution is 2.52. The van der Waals surface area contributed by atoms with Gasteiger partial charge in [-0.05, 0) is 79.6 Å². The first-order valence-electron chi connectivity index (χ1n) is 9.08. The molecule has 0 saturated heterocycles. The first kappa shape index (κ1) is 17.9. The molecular weight excluding hydrogens is 366 g/mol. The van der Waals surface area contributed by atoms with E-state index in [1.165, 1.54) is 0 Å². The molecule has 6 heteroatoms. The Labute approximate surface area is 162 Å². The Bertz CT molecular complexity index is 849. The average molecular weight is 386 g/mol. The van der Waals surface area contributed by atoms with Crippen LogP contribution in [0.3, 0.4) is 0 Å². The first-order valence-corrected chi connectivity index (χ1v) is 9.46. The zero-order valence-corrected chi connectivity index (χ0v) is 15.4. The Morgan fingerprint density at radius 1 is 0.926 bits per heavy atom. The van der Waals surface area contributed by atoms with Gasteiger partial charge in [0.05, 0.1) is 11.8 Å². The number of aliphatic carboxylic acids is 1. The molecule has 2 aromatic rings. The fourth-order valence-electron chi connectivity index (χ4n) is 4.49. The van der Waals surface area contributed by atoms with Crippen molar-refractivity contribution >= 4 is 29.2 Å². The fraction of sp³-hybridized carbons (Fsp3) is 0.333. The lowest BCUT2D eigenvalue weighted by Crippen LogP contribution is -2.37. The number of halogens is 1. The van der Waals surface area contributed by atoms with Crippen LogP contribution in [0, 0.1) is 23.7 Å². The minimum Gasteiger partial charge on any atom is -0.481 e. The molecule has 140 valence electrons. The Balaban J connectivity index is 1.41. The molecule has 2 bridgehead atoms. The maximum absolute atomic E-state index is 12.7. The number of carboxylic acid groups (broad SMARTS) is 1. The lowest BCUT2D eigenvalue weighted by Gasteiger charge is -2.27. The van der Waals surface area contributed by atoms with E-state index in [1.807, 2.05) is 0 Å². The molecule has 0 unspecified atom stereocenters. The van der Waals surface area contributed by atoms with Gasteiger partial charge in [0.15, 0.2) is 0 Å². The van der Waals surface area contributed by atoms with E-state index in [0.717, 1.165) is 19.3 Å². The van der Waals surface area contributed by atoms with Crippen LogP contribution in [-0.4, -0.2) is 17.0 Å². The van der Waals surface area contributed by atoms with Crippen molar-refractivity contribution in [3.63, 3.8) is 0 Å². The van der Waals surface area contributed by atoms with Gasteiger partial charge in [-0.3, -0.25) is 9.59 Å². The Morgan fingerprint density at radius 2 is 1.48 bits per heavy atom. The van der Waals surface area contributed by atoms with E-state index in [0.29, 0.717) is 22.2 Å². The molecule has 0 heterocycles. The maximum Gasteiger partial charge on any atom is 0.307 e. The molecule has 2 N–H and O–H groups in total. The molecule has 2 aliphatic carbocycles. The van der Waals surface area contributed by atoms with E-state index < -0.39 is 17.8 Å². The topological polar surface area (TPSA) is 75.6 Å². The molecule has 4 rings (SSSR count). The minimum atomic E-state index is -0.853. The normalized spacial score (nSPS) is 26.0. The zero-order valence-electron chi connectivity index (χ0n) is 14.6. The number of carbonyl (C=O) groups excluding carboxylic acids is 1. The number of hydrogen-bond acceptors (Lipinski definition) is 3. The maximum atomic E-state index is 12.7. The molecule has 1 amide bonds. The van der Waals surface area contributed by atoms with E-state index in [2.05, 4.69) is 5.32 Å². The summed E-state index contributed by atoms with van der Waals surface area (Å²) in [4.78, 5) is 24.3. The Morgan fingerprint density at radius 3 is 2.07 bits per heavy atom. The summed E-state index contributed by atoms with van der Waals surface area (Å²) < 4.78 is 5.73. The van der Waals surface area contributed by atoms with Crippen molar-refractivity contribution in [2.24, 2.45) is 23.7 Å². The summed E-state index contributed by atoms with van der Waals surface area (Å²) in [7, 11) is 0. The van der Waals surface area contributed by atoms with Gasteiger partial charge in [0, 0.05) is 10.7 Å². The number of anilines is 1. The summed E-state index contributed by atoms with van der Waals surface area (Å²) in [5, 5.41) is 13.0. The standard InChI is InChI=1S/C21H20ClNO4/c22-14-3-7-16(8-4-14)27-17-9-5-15(6-10-17)23-20(24)18-12-1-2-13(11-12)19(18)21(25)26/h3-10,12-13,18-19H,1-2,11H2,(H,23,24)(H,25,26)/t12-,13-,18+,19-/m0/s1. The SMILES string of the molecule is O=C(Nc1ccc(Oc2ccc(Cl)cc2)cc1)[C@@H]1[C@H]2CC[C@@H](C2)[C@@H]1C(=O)O. The third-order valence-electron chi connectivity index (χ3n) is 5.68. The fourth-order valence-corrected chi connectivity index (χ4v) is 4.62. The molecule has 0 aromatic heterocycles. The highest BCUT2D eigenvalue weighted by Gasteiger charge is 2.53. The summed E-state index contributed by atoms with van der Waals surface area (Å²) in [6.45, 7) is 0. The van der Waals surface area contributed by atoms with Crippen LogP contribution in [0.25, 0.3) is 0 Å². The van der Waals surface area contributed by atoms with Gasteiger partial charge in [0.25, 0.3) is 0 Å². The lowest BCUT2D eigenvalue weighted by atomic mass is 9.78. The van der Waals surface area contributed by atoms with Crippen molar-refractivity contribution in [3.8, 4) is 11.5 Å². The number of amides is 1. The summed E-state index contributed by atoms with van der Waals surface area (Å²) >= 11 is 5.86. The van der Waals surface area contributed by atoms with Gasteiger partial charge in [0.2, 0.25) is 5.91 Å². The predicted octanol–water partition coefficient (Wildman–Crippen LogP) is 4.82. The molecule has 2 saturated carbocycles. The van der Waals surface area contributed by atoms with Crippen LogP contribution in [0.15, 0.2) is 48.5 Å². The van der Waals surface area contributed by atoms with Crippen molar-refractivity contribution in [1.29, 1.82) is 0 Å². The molecule has 0 radical (unpaired) electrons. The molecule has 27 heavy (non-hydrogen) atoms.